The molecule has 0 fully saturated rings. The summed E-state index contributed by atoms with van der Waals surface area (Å²) in [6, 6.07) is 0. The molecule has 0 spiro atoms. The molecule has 0 heterocycles. The maximum absolute atomic E-state index is 4.82. The van der Waals surface area contributed by atoms with E-state index in [-0.39, 0.29) is 68.9 Å². The molecule has 0 radical (unpaired) electrons. The summed E-state index contributed by atoms with van der Waals surface area (Å²) in [5, 5.41) is 0. The van der Waals surface area contributed by atoms with E-state index in [1.807, 2.05) is 0 Å². The summed E-state index contributed by atoms with van der Waals surface area (Å²) in [6.07, 6.45) is 0. The smallest absolute Gasteiger partial charge is 0.668 e. The SMILES string of the molecule is C[Si](C)(C)[N-][Si](C)(C)C.[Cs+]. The molecule has 0 unspecified atom stereocenters. The number of nitrogens with zero attached hydrogens (tertiary/aromatic N) is 1. The van der Waals surface area contributed by atoms with E-state index < -0.39 is 16.5 Å². The molecule has 0 N–H and O–H groups in total. The van der Waals surface area contributed by atoms with Crippen molar-refractivity contribution in [3.8, 4) is 0 Å². The van der Waals surface area contributed by atoms with Gasteiger partial charge in [-0.3, -0.25) is 0 Å². The molecule has 0 aromatic rings. The number of rotatable bonds is 2. The Morgan fingerprint density at radius 2 is 0.900 bits per heavy atom. The van der Waals surface area contributed by atoms with Crippen molar-refractivity contribution in [2.24, 2.45) is 0 Å². The van der Waals surface area contributed by atoms with Crippen LogP contribution in [0.5, 0.6) is 0 Å². The van der Waals surface area contributed by atoms with Gasteiger partial charge in [-0.1, -0.05) is 55.8 Å². The van der Waals surface area contributed by atoms with Crippen LogP contribution in [0.25, 0.3) is 4.65 Å². The molecule has 0 saturated heterocycles. The fraction of sp³-hybridized carbons (Fsp3) is 1.00. The van der Waals surface area contributed by atoms with Gasteiger partial charge in [0.2, 0.25) is 0 Å². The Balaban J connectivity index is 0. The van der Waals surface area contributed by atoms with E-state index in [0.717, 1.165) is 0 Å². The summed E-state index contributed by atoms with van der Waals surface area (Å²) in [5.74, 6) is 0. The van der Waals surface area contributed by atoms with Gasteiger partial charge in [0.25, 0.3) is 0 Å². The van der Waals surface area contributed by atoms with Gasteiger partial charge in [0.1, 0.15) is 0 Å². The third-order valence-corrected chi connectivity index (χ3v) is 6.04. The van der Waals surface area contributed by atoms with E-state index in [0.29, 0.717) is 0 Å². The van der Waals surface area contributed by atoms with Crippen LogP contribution < -0.4 is 68.9 Å². The van der Waals surface area contributed by atoms with E-state index in [4.69, 9.17) is 4.65 Å². The molecular weight excluding hydrogens is 275 g/mol. The van der Waals surface area contributed by atoms with Crippen LogP contribution in [0, 0.1) is 0 Å². The van der Waals surface area contributed by atoms with Gasteiger partial charge < -0.3 is 4.65 Å². The molecule has 0 aromatic heterocycles. The molecule has 0 amide bonds. The van der Waals surface area contributed by atoms with Crippen molar-refractivity contribution >= 4 is 16.5 Å². The van der Waals surface area contributed by atoms with Crippen LogP contribution in [0.4, 0.5) is 0 Å². The van der Waals surface area contributed by atoms with Crippen LogP contribution in [0.3, 0.4) is 0 Å². The second-order valence-electron chi connectivity index (χ2n) is 4.45. The number of hydrogen-bond donors (Lipinski definition) is 0. The summed E-state index contributed by atoms with van der Waals surface area (Å²) in [7, 11) is -2.21. The summed E-state index contributed by atoms with van der Waals surface area (Å²) >= 11 is 0. The van der Waals surface area contributed by atoms with Gasteiger partial charge in [0.05, 0.1) is 0 Å². The molecule has 0 aliphatic rings. The first-order valence-electron chi connectivity index (χ1n) is 3.45. The predicted octanol–water partition coefficient (Wildman–Crippen LogP) is 0.0339. The minimum Gasteiger partial charge on any atom is -0.668 e. The second kappa shape index (κ2) is 5.23. The Kier molecular flexibility index (Phi) is 7.82. The summed E-state index contributed by atoms with van der Waals surface area (Å²) in [4.78, 5) is 0. The fourth-order valence-electron chi connectivity index (χ4n) is 1.01. The van der Waals surface area contributed by atoms with Crippen molar-refractivity contribution < 1.29 is 68.9 Å². The van der Waals surface area contributed by atoms with Crippen molar-refractivity contribution in [2.75, 3.05) is 0 Å². The molecule has 0 rings (SSSR count). The molecule has 0 aliphatic carbocycles. The largest absolute Gasteiger partial charge is 1.00 e. The minimum atomic E-state index is -1.11. The van der Waals surface area contributed by atoms with Crippen molar-refractivity contribution in [3.63, 3.8) is 0 Å². The summed E-state index contributed by atoms with van der Waals surface area (Å²) in [6.45, 7) is 13.8. The number of hydrogen-bond acceptors (Lipinski definition) is 0. The van der Waals surface area contributed by atoms with E-state index in [1.54, 1.807) is 0 Å². The molecule has 56 valence electrons. The van der Waals surface area contributed by atoms with Crippen LogP contribution in [-0.4, -0.2) is 16.5 Å². The Morgan fingerprint density at radius 1 is 0.700 bits per heavy atom. The van der Waals surface area contributed by atoms with Crippen molar-refractivity contribution in [1.82, 2.24) is 0 Å². The fourth-order valence-corrected chi connectivity index (χ4v) is 9.06. The summed E-state index contributed by atoms with van der Waals surface area (Å²) < 4.78 is 4.82. The minimum absolute atomic E-state index is 0. The molecule has 0 bridgehead atoms. The maximum Gasteiger partial charge on any atom is 1.00 e. The topological polar surface area (TPSA) is 14.1 Å². The maximum atomic E-state index is 4.82. The average molecular weight is 293 g/mol. The van der Waals surface area contributed by atoms with Crippen LogP contribution in [0.1, 0.15) is 0 Å². The zero-order chi connectivity index (χ0) is 7.71. The first-order valence-corrected chi connectivity index (χ1v) is 10.3. The molecule has 1 nitrogen and oxygen atoms in total. The molecular formula is C6H18CsNSi2. The van der Waals surface area contributed by atoms with E-state index >= 15 is 0 Å². The second-order valence-corrected chi connectivity index (χ2v) is 14.0. The normalized spacial score (nSPS) is 12.6. The zero-order valence-electron chi connectivity index (χ0n) is 8.45. The Hall–Kier alpha value is 2.45. The molecule has 0 aromatic carbocycles. The van der Waals surface area contributed by atoms with Crippen LogP contribution in [0.2, 0.25) is 39.3 Å². The van der Waals surface area contributed by atoms with Gasteiger partial charge in [0, 0.05) is 0 Å². The van der Waals surface area contributed by atoms with Gasteiger partial charge in [-0.05, 0) is 0 Å². The van der Waals surface area contributed by atoms with Gasteiger partial charge in [-0.15, -0.1) is 0 Å². The van der Waals surface area contributed by atoms with Gasteiger partial charge >= 0.3 is 68.9 Å². The van der Waals surface area contributed by atoms with Crippen LogP contribution in [-0.2, 0) is 0 Å². The van der Waals surface area contributed by atoms with Gasteiger partial charge in [-0.25, -0.2) is 0 Å². The Morgan fingerprint density at radius 3 is 0.900 bits per heavy atom. The molecule has 0 atom stereocenters. The zero-order valence-corrected chi connectivity index (χ0v) is 16.7. The first-order chi connectivity index (χ1) is 3.71. The van der Waals surface area contributed by atoms with E-state index in [2.05, 4.69) is 39.3 Å². The van der Waals surface area contributed by atoms with Gasteiger partial charge in [-0.2, -0.15) is 0 Å². The third kappa shape index (κ3) is 13.1. The monoisotopic (exact) mass is 293 g/mol. The predicted molar refractivity (Wildman–Crippen MR) is 50.1 cm³/mol. The molecule has 0 aliphatic heterocycles. The van der Waals surface area contributed by atoms with Crippen LogP contribution >= 0.6 is 0 Å². The van der Waals surface area contributed by atoms with E-state index in [1.165, 1.54) is 0 Å². The first kappa shape index (κ1) is 14.9. The average Bonchev–Trinajstić information content (AvgIpc) is 1.14. The van der Waals surface area contributed by atoms with Crippen molar-refractivity contribution in [2.45, 2.75) is 39.3 Å². The van der Waals surface area contributed by atoms with Crippen molar-refractivity contribution in [3.05, 3.63) is 4.65 Å². The molecule has 4 heteroatoms. The molecule has 10 heavy (non-hydrogen) atoms. The standard InChI is InChI=1S/C6H18NSi2.Cs/c1-8(2,3)7-9(4,5)6;/h1-6H3;/q-1;+1. The quantitative estimate of drug-likeness (QED) is 0.638. The van der Waals surface area contributed by atoms with Crippen LogP contribution in [0.15, 0.2) is 0 Å². The van der Waals surface area contributed by atoms with Crippen molar-refractivity contribution in [1.29, 1.82) is 0 Å². The molecule has 0 saturated carbocycles. The Bertz CT molecular complexity index is 80.9. The van der Waals surface area contributed by atoms with E-state index in [9.17, 15) is 0 Å². The summed E-state index contributed by atoms with van der Waals surface area (Å²) in [5.41, 5.74) is 0. The Labute approximate surface area is 126 Å². The third-order valence-electron chi connectivity index (χ3n) is 0.671. The van der Waals surface area contributed by atoms with Gasteiger partial charge in [0.15, 0.2) is 0 Å².